The molecule has 30 heavy (non-hydrogen) atoms. The first kappa shape index (κ1) is 19.8. The van der Waals surface area contributed by atoms with E-state index in [0.29, 0.717) is 36.1 Å². The lowest BCUT2D eigenvalue weighted by atomic mass is 10.1. The van der Waals surface area contributed by atoms with Crippen LogP contribution in [-0.2, 0) is 11.8 Å². The van der Waals surface area contributed by atoms with Crippen LogP contribution < -0.4 is 14.8 Å². The van der Waals surface area contributed by atoms with E-state index in [1.54, 1.807) is 19.3 Å². The number of amides is 1. The second-order valence-electron chi connectivity index (χ2n) is 6.59. The van der Waals surface area contributed by atoms with Crippen LogP contribution in [0.15, 0.2) is 36.5 Å². The van der Waals surface area contributed by atoms with Gasteiger partial charge in [0, 0.05) is 19.3 Å². The van der Waals surface area contributed by atoms with Crippen molar-refractivity contribution < 1.29 is 27.8 Å². The lowest BCUT2D eigenvalue weighted by molar-refractivity contribution is -0.0813. The Labute approximate surface area is 170 Å². The molecule has 8 nitrogen and oxygen atoms in total. The summed E-state index contributed by atoms with van der Waals surface area (Å²) in [7, 11) is 3.13. The molecule has 156 valence electrons. The number of carbonyl (C=O) groups excluding carboxylic acids is 1. The third kappa shape index (κ3) is 3.81. The molecule has 0 aliphatic carbocycles. The van der Waals surface area contributed by atoms with Crippen LogP contribution in [0.4, 0.5) is 14.5 Å². The van der Waals surface area contributed by atoms with E-state index < -0.39 is 23.2 Å². The number of aromatic nitrogens is 3. The number of hydrogen-bond donors (Lipinski definition) is 1. The molecule has 1 fully saturated rings. The van der Waals surface area contributed by atoms with Crippen LogP contribution in [0.2, 0.25) is 0 Å². The number of carbonyl (C=O) groups is 1. The molecule has 0 bridgehead atoms. The van der Waals surface area contributed by atoms with Crippen LogP contribution in [0.5, 0.6) is 11.6 Å². The van der Waals surface area contributed by atoms with Crippen molar-refractivity contribution in [3.8, 4) is 22.9 Å². The molecule has 0 unspecified atom stereocenters. The van der Waals surface area contributed by atoms with Crippen LogP contribution in [0.1, 0.15) is 10.5 Å². The van der Waals surface area contributed by atoms with Crippen molar-refractivity contribution in [3.05, 3.63) is 53.9 Å². The molecule has 0 spiro atoms. The number of nitrogens with zero attached hydrogens (tertiary/aromatic N) is 3. The highest BCUT2D eigenvalue weighted by Gasteiger charge is 2.23. The molecular weight excluding hydrogens is 398 g/mol. The second-order valence-corrected chi connectivity index (χ2v) is 6.59. The Morgan fingerprint density at radius 2 is 2.00 bits per heavy atom. The number of anilines is 1. The zero-order chi connectivity index (χ0) is 21.3. The zero-order valence-electron chi connectivity index (χ0n) is 16.2. The van der Waals surface area contributed by atoms with Gasteiger partial charge in [-0.25, -0.2) is 13.8 Å². The summed E-state index contributed by atoms with van der Waals surface area (Å²) in [6.45, 7) is 1.02. The topological polar surface area (TPSA) is 87.5 Å². The van der Waals surface area contributed by atoms with Gasteiger partial charge in [-0.2, -0.15) is 5.10 Å². The van der Waals surface area contributed by atoms with E-state index in [2.05, 4.69) is 15.4 Å². The Bertz CT molecular complexity index is 1080. The highest BCUT2D eigenvalue weighted by molar-refractivity contribution is 6.03. The number of pyridine rings is 1. The van der Waals surface area contributed by atoms with Gasteiger partial charge in [-0.05, 0) is 18.2 Å². The first-order valence-corrected chi connectivity index (χ1v) is 9.04. The van der Waals surface area contributed by atoms with E-state index in [0.717, 1.165) is 12.1 Å². The molecule has 1 aliphatic heterocycles. The first-order chi connectivity index (χ1) is 14.5. The third-order valence-corrected chi connectivity index (χ3v) is 4.55. The molecule has 1 N–H and O–H groups in total. The number of benzene rings is 1. The molecule has 1 aliphatic rings. The summed E-state index contributed by atoms with van der Waals surface area (Å²) < 4.78 is 45.2. The van der Waals surface area contributed by atoms with Crippen molar-refractivity contribution in [1.29, 1.82) is 0 Å². The first-order valence-electron chi connectivity index (χ1n) is 9.04. The molecule has 1 aromatic carbocycles. The van der Waals surface area contributed by atoms with Crippen LogP contribution in [0.3, 0.4) is 0 Å². The lowest BCUT2D eigenvalue weighted by Gasteiger charge is -2.26. The fourth-order valence-corrected chi connectivity index (χ4v) is 2.92. The van der Waals surface area contributed by atoms with Gasteiger partial charge in [-0.1, -0.05) is 6.07 Å². The Hall–Kier alpha value is -3.53. The van der Waals surface area contributed by atoms with Crippen LogP contribution in [0.25, 0.3) is 11.3 Å². The van der Waals surface area contributed by atoms with Crippen molar-refractivity contribution >= 4 is 11.6 Å². The van der Waals surface area contributed by atoms with E-state index in [-0.39, 0.29) is 11.8 Å². The van der Waals surface area contributed by atoms with Gasteiger partial charge in [0.05, 0.1) is 31.6 Å². The van der Waals surface area contributed by atoms with Gasteiger partial charge in [-0.15, -0.1) is 0 Å². The van der Waals surface area contributed by atoms with Crippen molar-refractivity contribution in [3.63, 3.8) is 0 Å². The number of nitrogens with one attached hydrogen (secondary N) is 1. The van der Waals surface area contributed by atoms with Crippen molar-refractivity contribution in [1.82, 2.24) is 14.8 Å². The van der Waals surface area contributed by atoms with Crippen LogP contribution in [0, 0.1) is 11.6 Å². The quantitative estimate of drug-likeness (QED) is 0.665. The molecule has 1 saturated heterocycles. The highest BCUT2D eigenvalue weighted by Crippen LogP contribution is 2.32. The Balaban J connectivity index is 1.59. The van der Waals surface area contributed by atoms with Gasteiger partial charge in [-0.3, -0.25) is 9.48 Å². The number of rotatable bonds is 6. The number of hydrogen-bond acceptors (Lipinski definition) is 6. The fourth-order valence-electron chi connectivity index (χ4n) is 2.92. The molecular formula is C20H18F2N4O4. The van der Waals surface area contributed by atoms with Crippen molar-refractivity contribution in [2.24, 2.45) is 7.05 Å². The molecule has 0 radical (unpaired) electrons. The average molecular weight is 416 g/mol. The number of ether oxygens (including phenoxy) is 3. The number of halogens is 2. The molecule has 3 heterocycles. The fraction of sp³-hybridized carbons (Fsp3) is 0.250. The third-order valence-electron chi connectivity index (χ3n) is 4.55. The van der Waals surface area contributed by atoms with Crippen LogP contribution >= 0.6 is 0 Å². The summed E-state index contributed by atoms with van der Waals surface area (Å²) >= 11 is 0. The monoisotopic (exact) mass is 416 g/mol. The Kier molecular flexibility index (Phi) is 5.32. The number of aryl methyl sites for hydroxylation is 1. The molecule has 1 amide bonds. The van der Waals surface area contributed by atoms with Gasteiger partial charge < -0.3 is 19.5 Å². The van der Waals surface area contributed by atoms with E-state index >= 15 is 0 Å². The van der Waals surface area contributed by atoms with Crippen LogP contribution in [-0.4, -0.2) is 47.1 Å². The van der Waals surface area contributed by atoms with E-state index in [4.69, 9.17) is 14.2 Å². The standard InChI is InChI=1S/C20H18F2N4O4/c1-26-16(12-8-23-18(7-17(12)28-2)30-11-9-29-10-11)6-15(25-26)20(27)24-19-13(21)4-3-5-14(19)22/h3-8,11H,9-10H2,1-2H3,(H,24,27). The molecule has 2 aromatic heterocycles. The molecule has 10 heteroatoms. The summed E-state index contributed by atoms with van der Waals surface area (Å²) in [5, 5.41) is 6.36. The maximum Gasteiger partial charge on any atom is 0.276 e. The molecule has 4 rings (SSSR count). The molecule has 0 atom stereocenters. The summed E-state index contributed by atoms with van der Waals surface area (Å²) in [6, 6.07) is 6.43. The normalized spacial score (nSPS) is 13.6. The largest absolute Gasteiger partial charge is 0.496 e. The van der Waals surface area contributed by atoms with Gasteiger partial charge in [0.25, 0.3) is 5.91 Å². The Morgan fingerprint density at radius 1 is 1.27 bits per heavy atom. The summed E-state index contributed by atoms with van der Waals surface area (Å²) in [6.07, 6.45) is 1.50. The van der Waals surface area contributed by atoms with E-state index in [1.165, 1.54) is 23.9 Å². The number of para-hydroxylation sites is 1. The summed E-state index contributed by atoms with van der Waals surface area (Å²) in [5.41, 5.74) is 0.539. The molecule has 3 aromatic rings. The van der Waals surface area contributed by atoms with Gasteiger partial charge in [0.2, 0.25) is 5.88 Å². The maximum absolute atomic E-state index is 13.8. The predicted octanol–water partition coefficient (Wildman–Crippen LogP) is 2.80. The zero-order valence-corrected chi connectivity index (χ0v) is 16.2. The number of methoxy groups -OCH3 is 1. The van der Waals surface area contributed by atoms with Crippen molar-refractivity contribution in [2.45, 2.75) is 6.10 Å². The minimum absolute atomic E-state index is 0.0239. The van der Waals surface area contributed by atoms with E-state index in [1.807, 2.05) is 0 Å². The van der Waals surface area contributed by atoms with Crippen molar-refractivity contribution in [2.75, 3.05) is 25.6 Å². The van der Waals surface area contributed by atoms with Gasteiger partial charge >= 0.3 is 0 Å². The molecule has 0 saturated carbocycles. The average Bonchev–Trinajstić information content (AvgIpc) is 3.09. The highest BCUT2D eigenvalue weighted by atomic mass is 19.1. The maximum atomic E-state index is 13.8. The minimum atomic E-state index is -0.877. The van der Waals surface area contributed by atoms with E-state index in [9.17, 15) is 13.6 Å². The smallest absolute Gasteiger partial charge is 0.276 e. The lowest BCUT2D eigenvalue weighted by Crippen LogP contribution is -2.38. The van der Waals surface area contributed by atoms with Gasteiger partial charge in [0.15, 0.2) is 5.69 Å². The predicted molar refractivity (Wildman–Crippen MR) is 103 cm³/mol. The Morgan fingerprint density at radius 3 is 2.63 bits per heavy atom. The second kappa shape index (κ2) is 8.07. The SMILES string of the molecule is COc1cc(OC2COC2)ncc1-c1cc(C(=O)Nc2c(F)cccc2F)nn1C. The van der Waals surface area contributed by atoms with Gasteiger partial charge in [0.1, 0.15) is 29.2 Å². The summed E-state index contributed by atoms with van der Waals surface area (Å²) in [4.78, 5) is 16.8. The summed E-state index contributed by atoms with van der Waals surface area (Å²) in [5.74, 6) is -1.65. The minimum Gasteiger partial charge on any atom is -0.496 e.